The molecule has 0 bridgehead atoms. The molecule has 0 unspecified atom stereocenters. The molecule has 2 aliphatic heterocycles. The van der Waals surface area contributed by atoms with Gasteiger partial charge in [0.05, 0.1) is 6.61 Å². The van der Waals surface area contributed by atoms with Crippen molar-refractivity contribution in [2.24, 2.45) is 5.41 Å². The number of benzene rings is 1. The van der Waals surface area contributed by atoms with E-state index in [4.69, 9.17) is 16.3 Å². The Hall–Kier alpha value is -1.68. The van der Waals surface area contributed by atoms with Crippen LogP contribution in [-0.2, 0) is 27.5 Å². The van der Waals surface area contributed by atoms with Crippen LogP contribution in [0.3, 0.4) is 0 Å². The van der Waals surface area contributed by atoms with Gasteiger partial charge in [0, 0.05) is 42.4 Å². The summed E-state index contributed by atoms with van der Waals surface area (Å²) in [4.78, 5) is 6.02. The fraction of sp³-hybridized carbons (Fsp3) is 0.522. The summed E-state index contributed by atoms with van der Waals surface area (Å²) >= 11 is 5.95. The van der Waals surface area contributed by atoms with Crippen LogP contribution >= 0.6 is 11.6 Å². The van der Waals surface area contributed by atoms with E-state index in [9.17, 15) is 21.6 Å². The highest BCUT2D eigenvalue weighted by Gasteiger charge is 2.71. The number of rotatable bonds is 7. The Morgan fingerprint density at radius 3 is 2.30 bits per heavy atom. The largest absolute Gasteiger partial charge is 0.418 e. The molecule has 33 heavy (non-hydrogen) atoms. The van der Waals surface area contributed by atoms with Gasteiger partial charge in [-0.15, -0.1) is 0 Å². The molecule has 0 spiro atoms. The molecule has 5 nitrogen and oxygen atoms in total. The number of pyridine rings is 1. The summed E-state index contributed by atoms with van der Waals surface area (Å²) in [7, 11) is -3.43. The molecule has 10 heteroatoms. The number of likely N-dealkylation sites (tertiary alicyclic amines) is 1. The fourth-order valence-electron chi connectivity index (χ4n) is 5.09. The molecule has 2 atom stereocenters. The second kappa shape index (κ2) is 8.83. The Labute approximate surface area is 196 Å². The maximum atomic E-state index is 14.3. The fourth-order valence-corrected chi connectivity index (χ4v) is 5.77. The highest BCUT2D eigenvalue weighted by Crippen LogP contribution is 2.59. The number of sulfone groups is 1. The third-order valence-corrected chi connectivity index (χ3v) is 8.19. The van der Waals surface area contributed by atoms with Crippen molar-refractivity contribution in [1.82, 2.24) is 9.88 Å². The van der Waals surface area contributed by atoms with E-state index < -0.39 is 27.0 Å². The monoisotopic (exact) mass is 502 g/mol. The minimum Gasteiger partial charge on any atom is -0.365 e. The third kappa shape index (κ3) is 4.78. The van der Waals surface area contributed by atoms with Gasteiger partial charge in [0.1, 0.15) is 0 Å². The van der Waals surface area contributed by atoms with E-state index in [1.54, 1.807) is 18.2 Å². The summed E-state index contributed by atoms with van der Waals surface area (Å²) in [5.41, 5.74) is -1.55. The zero-order valence-corrected chi connectivity index (χ0v) is 19.8. The number of hydrogen-bond acceptors (Lipinski definition) is 5. The lowest BCUT2D eigenvalue weighted by atomic mass is 9.63. The van der Waals surface area contributed by atoms with Crippen LogP contribution in [0.2, 0.25) is 5.02 Å². The van der Waals surface area contributed by atoms with Crippen molar-refractivity contribution < 1.29 is 26.3 Å². The predicted molar refractivity (Wildman–Crippen MR) is 119 cm³/mol. The standard InChI is InChI=1S/C23H26ClF3N2O3S/c1-33(30,31)20-7-4-17(14-28-20)8-9-21(22(11-13-32-22)23(25,26)27)10-12-29(16-21)15-18-2-5-19(24)6-3-18/h2-7,14H,8-13,15-16H2,1H3/t21-,22-/m1/s1. The Bertz CT molecular complexity index is 1090. The first kappa shape index (κ1) is 24.4. The highest BCUT2D eigenvalue weighted by atomic mass is 35.5. The molecule has 0 saturated carbocycles. The SMILES string of the molecule is CS(=O)(=O)c1ccc(CC[C@@]2([C@@]3(C(F)(F)F)CCO3)CCN(Cc3ccc(Cl)cc3)C2)cn1. The quantitative estimate of drug-likeness (QED) is 0.550. The average Bonchev–Trinajstić information content (AvgIpc) is 3.09. The van der Waals surface area contributed by atoms with Gasteiger partial charge in [-0.25, -0.2) is 13.4 Å². The number of aryl methyl sites for hydroxylation is 1. The summed E-state index contributed by atoms with van der Waals surface area (Å²) in [6.07, 6.45) is -1.02. The Balaban J connectivity index is 1.56. The average molecular weight is 503 g/mol. The number of alkyl halides is 3. The van der Waals surface area contributed by atoms with Crippen LogP contribution in [0, 0.1) is 5.41 Å². The van der Waals surface area contributed by atoms with Crippen molar-refractivity contribution >= 4 is 21.4 Å². The Kier molecular flexibility index (Phi) is 6.54. The van der Waals surface area contributed by atoms with E-state index in [-0.39, 0.29) is 31.0 Å². The van der Waals surface area contributed by atoms with Crippen LogP contribution in [0.5, 0.6) is 0 Å². The Morgan fingerprint density at radius 2 is 1.79 bits per heavy atom. The molecule has 3 heterocycles. The van der Waals surface area contributed by atoms with Gasteiger partial charge in [0.25, 0.3) is 0 Å². The van der Waals surface area contributed by atoms with Crippen molar-refractivity contribution in [3.05, 3.63) is 58.7 Å². The second-order valence-corrected chi connectivity index (χ2v) is 11.5. The lowest BCUT2D eigenvalue weighted by Gasteiger charge is -2.54. The molecular formula is C23H26ClF3N2O3S. The molecule has 2 saturated heterocycles. The van der Waals surface area contributed by atoms with Gasteiger partial charge in [0.2, 0.25) is 0 Å². The summed E-state index contributed by atoms with van der Waals surface area (Å²) in [6.45, 7) is 1.44. The summed E-state index contributed by atoms with van der Waals surface area (Å²) in [5, 5.41) is 0.564. The van der Waals surface area contributed by atoms with Crippen LogP contribution in [0.4, 0.5) is 13.2 Å². The van der Waals surface area contributed by atoms with Gasteiger partial charge in [-0.05, 0) is 55.1 Å². The van der Waals surface area contributed by atoms with E-state index >= 15 is 0 Å². The molecule has 0 aliphatic carbocycles. The van der Waals surface area contributed by atoms with Crippen molar-refractivity contribution in [3.8, 4) is 0 Å². The molecule has 1 aromatic carbocycles. The van der Waals surface area contributed by atoms with Gasteiger partial charge in [-0.1, -0.05) is 29.8 Å². The zero-order chi connectivity index (χ0) is 23.9. The number of nitrogens with zero attached hydrogens (tertiary/aromatic N) is 2. The first-order valence-corrected chi connectivity index (χ1v) is 13.0. The first-order valence-electron chi connectivity index (χ1n) is 10.8. The van der Waals surface area contributed by atoms with Crippen LogP contribution in [0.1, 0.15) is 30.4 Å². The van der Waals surface area contributed by atoms with Crippen LogP contribution in [-0.4, -0.2) is 56.0 Å². The van der Waals surface area contributed by atoms with E-state index in [1.807, 2.05) is 17.0 Å². The minimum absolute atomic E-state index is 0.0451. The van der Waals surface area contributed by atoms with Gasteiger partial charge >= 0.3 is 6.18 Å². The summed E-state index contributed by atoms with van der Waals surface area (Å²) in [5.74, 6) is 0. The Morgan fingerprint density at radius 1 is 1.12 bits per heavy atom. The van der Waals surface area contributed by atoms with E-state index in [0.717, 1.165) is 11.8 Å². The molecule has 2 aliphatic rings. The first-order chi connectivity index (χ1) is 15.4. The van der Waals surface area contributed by atoms with Crippen LogP contribution in [0.15, 0.2) is 47.6 Å². The molecule has 180 valence electrons. The molecule has 0 N–H and O–H groups in total. The number of aromatic nitrogens is 1. The molecule has 4 rings (SSSR count). The topological polar surface area (TPSA) is 59.5 Å². The van der Waals surface area contributed by atoms with Gasteiger partial charge in [0.15, 0.2) is 20.5 Å². The van der Waals surface area contributed by atoms with Crippen LogP contribution in [0.25, 0.3) is 0 Å². The van der Waals surface area contributed by atoms with Crippen molar-refractivity contribution in [2.45, 2.75) is 49.0 Å². The van der Waals surface area contributed by atoms with Crippen LogP contribution < -0.4 is 0 Å². The maximum absolute atomic E-state index is 14.3. The molecule has 2 aromatic rings. The summed E-state index contributed by atoms with van der Waals surface area (Å²) < 4.78 is 71.6. The van der Waals surface area contributed by atoms with E-state index in [1.165, 1.54) is 12.3 Å². The predicted octanol–water partition coefficient (Wildman–Crippen LogP) is 4.68. The molecule has 0 radical (unpaired) electrons. The zero-order valence-electron chi connectivity index (χ0n) is 18.2. The van der Waals surface area contributed by atoms with E-state index in [2.05, 4.69) is 4.98 Å². The number of hydrogen-bond donors (Lipinski definition) is 0. The second-order valence-electron chi connectivity index (χ2n) is 9.07. The molecule has 1 aromatic heterocycles. The molecule has 0 amide bonds. The van der Waals surface area contributed by atoms with Gasteiger partial charge in [-0.2, -0.15) is 13.2 Å². The maximum Gasteiger partial charge on any atom is 0.418 e. The van der Waals surface area contributed by atoms with Gasteiger partial charge in [-0.3, -0.25) is 4.90 Å². The van der Waals surface area contributed by atoms with Crippen molar-refractivity contribution in [1.29, 1.82) is 0 Å². The van der Waals surface area contributed by atoms with Crippen molar-refractivity contribution in [2.75, 3.05) is 26.0 Å². The minimum atomic E-state index is -4.47. The van der Waals surface area contributed by atoms with Crippen molar-refractivity contribution in [3.63, 3.8) is 0 Å². The lowest BCUT2D eigenvalue weighted by molar-refractivity contribution is -0.366. The number of ether oxygens (including phenoxy) is 1. The van der Waals surface area contributed by atoms with Gasteiger partial charge < -0.3 is 4.74 Å². The third-order valence-electron chi connectivity index (χ3n) is 6.94. The molecular weight excluding hydrogens is 477 g/mol. The van der Waals surface area contributed by atoms with E-state index in [0.29, 0.717) is 36.5 Å². The number of halogens is 4. The highest BCUT2D eigenvalue weighted by molar-refractivity contribution is 7.90. The molecule has 2 fully saturated rings. The lowest BCUT2D eigenvalue weighted by Crippen LogP contribution is -2.67. The smallest absolute Gasteiger partial charge is 0.365 e. The normalized spacial score (nSPS) is 26.3. The summed E-state index contributed by atoms with van der Waals surface area (Å²) in [6, 6.07) is 10.4.